The molecular weight excluding hydrogens is 515 g/mol. The van der Waals surface area contributed by atoms with Gasteiger partial charge >= 0.3 is 0 Å². The minimum atomic E-state index is -0.281. The summed E-state index contributed by atoms with van der Waals surface area (Å²) in [4.78, 5) is 25.3. The molecule has 1 amide bonds. The predicted octanol–water partition coefficient (Wildman–Crippen LogP) is 6.31. The van der Waals surface area contributed by atoms with Gasteiger partial charge in [-0.25, -0.2) is 4.39 Å². The average molecular weight is 557 g/mol. The smallest absolute Gasteiger partial charge is 0.236 e. The van der Waals surface area contributed by atoms with Crippen LogP contribution in [0, 0.1) is 19.7 Å². The number of halogens is 1. The second-order valence-corrected chi connectivity index (χ2v) is 11.7. The number of fused-ring (bicyclic) bond motifs is 1. The molecule has 0 bridgehead atoms. The second-order valence-electron chi connectivity index (χ2n) is 11.7. The number of rotatable bonds is 9. The van der Waals surface area contributed by atoms with Crippen molar-refractivity contribution in [2.45, 2.75) is 58.9 Å². The van der Waals surface area contributed by atoms with Crippen molar-refractivity contribution in [3.8, 4) is 11.3 Å². The quantitative estimate of drug-likeness (QED) is 0.253. The van der Waals surface area contributed by atoms with Crippen LogP contribution in [-0.4, -0.2) is 63.6 Å². The molecule has 216 valence electrons. The van der Waals surface area contributed by atoms with Crippen molar-refractivity contribution in [1.82, 2.24) is 19.8 Å². The topological polar surface area (TPSA) is 72.5 Å². The number of carbonyl (C=O) groups excluding carboxylic acids is 1. The Balaban J connectivity index is 1.28. The fourth-order valence-electron chi connectivity index (χ4n) is 6.25. The molecule has 2 aromatic carbocycles. The third-order valence-corrected chi connectivity index (χ3v) is 8.22. The van der Waals surface area contributed by atoms with Gasteiger partial charge in [0.2, 0.25) is 5.91 Å². The summed E-state index contributed by atoms with van der Waals surface area (Å²) >= 11 is 0. The van der Waals surface area contributed by atoms with E-state index in [9.17, 15) is 14.3 Å². The largest absolute Gasteiger partial charge is 0.395 e. The highest BCUT2D eigenvalue weighted by Gasteiger charge is 2.26. The number of pyridine rings is 1. The molecule has 4 aromatic rings. The number of aliphatic hydroxyl groups is 1. The average Bonchev–Trinajstić information content (AvgIpc) is 3.33. The Kier molecular flexibility index (Phi) is 8.85. The molecule has 0 radical (unpaired) electrons. The molecule has 0 unspecified atom stereocenters. The number of hydrogen-bond donors (Lipinski definition) is 2. The minimum Gasteiger partial charge on any atom is -0.395 e. The Hall–Kier alpha value is -3.55. The maximum absolute atomic E-state index is 13.3. The highest BCUT2D eigenvalue weighted by Crippen LogP contribution is 2.38. The Morgan fingerprint density at radius 1 is 1.07 bits per heavy atom. The molecule has 0 atom stereocenters. The van der Waals surface area contributed by atoms with E-state index in [0.29, 0.717) is 24.9 Å². The molecular formula is C34H41FN4O2. The van der Waals surface area contributed by atoms with E-state index in [-0.39, 0.29) is 24.9 Å². The zero-order chi connectivity index (χ0) is 29.1. The van der Waals surface area contributed by atoms with E-state index in [1.807, 2.05) is 23.6 Å². The molecule has 3 heterocycles. The van der Waals surface area contributed by atoms with Gasteiger partial charge in [-0.3, -0.25) is 14.7 Å². The van der Waals surface area contributed by atoms with Crippen molar-refractivity contribution in [2.24, 2.45) is 0 Å². The Morgan fingerprint density at radius 3 is 2.39 bits per heavy atom. The highest BCUT2D eigenvalue weighted by atomic mass is 19.1. The van der Waals surface area contributed by atoms with Crippen LogP contribution in [0.3, 0.4) is 0 Å². The predicted molar refractivity (Wildman–Crippen MR) is 162 cm³/mol. The number of piperidine rings is 1. The number of amides is 1. The summed E-state index contributed by atoms with van der Waals surface area (Å²) in [6, 6.07) is 17.4. The van der Waals surface area contributed by atoms with Gasteiger partial charge in [-0.05, 0) is 91.6 Å². The van der Waals surface area contributed by atoms with Crippen LogP contribution in [0.1, 0.15) is 66.6 Å². The molecule has 1 aliphatic heterocycles. The van der Waals surface area contributed by atoms with Crippen LogP contribution in [0.15, 0.2) is 54.6 Å². The first-order valence-electron chi connectivity index (χ1n) is 14.7. The van der Waals surface area contributed by atoms with Gasteiger partial charge in [0.15, 0.2) is 0 Å². The molecule has 2 aromatic heterocycles. The Bertz CT molecular complexity index is 1480. The molecule has 1 fully saturated rings. The van der Waals surface area contributed by atoms with E-state index in [4.69, 9.17) is 0 Å². The molecule has 0 aliphatic carbocycles. The molecule has 2 N–H and O–H groups in total. The van der Waals surface area contributed by atoms with E-state index in [1.165, 1.54) is 39.9 Å². The van der Waals surface area contributed by atoms with Gasteiger partial charge in [0, 0.05) is 54.0 Å². The lowest BCUT2D eigenvalue weighted by atomic mass is 9.87. The van der Waals surface area contributed by atoms with Crippen molar-refractivity contribution >= 4 is 16.8 Å². The van der Waals surface area contributed by atoms with E-state index < -0.39 is 0 Å². The number of aromatic nitrogens is 2. The summed E-state index contributed by atoms with van der Waals surface area (Å²) < 4.78 is 13.3. The molecule has 0 saturated carbocycles. The third-order valence-electron chi connectivity index (χ3n) is 8.22. The SMILES string of the molecule is Cc1cc(-c2[nH]c3ccc(C4CCN(C(=O)CN(CCO)Cc5ccc(F)cc5)CC4)cc3c2C(C)C)cc(C)n1. The summed E-state index contributed by atoms with van der Waals surface area (Å²) in [7, 11) is 0. The lowest BCUT2D eigenvalue weighted by Crippen LogP contribution is -2.44. The van der Waals surface area contributed by atoms with Crippen LogP contribution in [0.2, 0.25) is 0 Å². The first-order chi connectivity index (χ1) is 19.7. The number of nitrogens with zero attached hydrogens (tertiary/aromatic N) is 3. The standard InChI is InChI=1S/C34H41FN4O2/c1-22(2)33-30-19-27(7-10-31(30)37-34(33)28-17-23(3)36-24(4)18-28)26-11-13-39(14-12-26)32(41)21-38(15-16-40)20-25-5-8-29(35)9-6-25/h5-10,17-19,22,26,37,40H,11-16,20-21H2,1-4H3. The molecule has 1 saturated heterocycles. The van der Waals surface area contributed by atoms with Crippen molar-refractivity contribution in [2.75, 3.05) is 32.8 Å². The van der Waals surface area contributed by atoms with Crippen LogP contribution in [0.4, 0.5) is 4.39 Å². The fourth-order valence-corrected chi connectivity index (χ4v) is 6.25. The Morgan fingerprint density at radius 2 is 1.76 bits per heavy atom. The second kappa shape index (κ2) is 12.5. The normalized spacial score (nSPS) is 14.5. The molecule has 41 heavy (non-hydrogen) atoms. The molecule has 5 rings (SSSR count). The van der Waals surface area contributed by atoms with Gasteiger partial charge in [-0.1, -0.05) is 32.0 Å². The maximum Gasteiger partial charge on any atom is 0.236 e. The molecule has 0 spiro atoms. The number of carbonyl (C=O) groups is 1. The van der Waals surface area contributed by atoms with Crippen LogP contribution < -0.4 is 0 Å². The van der Waals surface area contributed by atoms with E-state index in [0.717, 1.165) is 48.4 Å². The van der Waals surface area contributed by atoms with Gasteiger partial charge < -0.3 is 15.0 Å². The first-order valence-corrected chi connectivity index (χ1v) is 14.7. The number of nitrogens with one attached hydrogen (secondary N) is 1. The van der Waals surface area contributed by atoms with Crippen LogP contribution >= 0.6 is 0 Å². The zero-order valence-electron chi connectivity index (χ0n) is 24.6. The molecule has 6 nitrogen and oxygen atoms in total. The molecule has 7 heteroatoms. The fraction of sp³-hybridized carbons (Fsp3) is 0.412. The van der Waals surface area contributed by atoms with Crippen LogP contribution in [-0.2, 0) is 11.3 Å². The molecule has 1 aliphatic rings. The van der Waals surface area contributed by atoms with Gasteiger partial charge in [-0.15, -0.1) is 0 Å². The van der Waals surface area contributed by atoms with Gasteiger partial charge in [0.05, 0.1) is 18.8 Å². The zero-order valence-corrected chi connectivity index (χ0v) is 24.6. The van der Waals surface area contributed by atoms with Crippen LogP contribution in [0.5, 0.6) is 0 Å². The van der Waals surface area contributed by atoms with Crippen molar-refractivity contribution < 1.29 is 14.3 Å². The number of benzene rings is 2. The third kappa shape index (κ3) is 6.68. The summed E-state index contributed by atoms with van der Waals surface area (Å²) in [5.41, 5.74) is 9.13. The monoisotopic (exact) mass is 556 g/mol. The number of aliphatic hydroxyl groups excluding tert-OH is 1. The van der Waals surface area contributed by atoms with Gasteiger partial charge in [0.25, 0.3) is 0 Å². The van der Waals surface area contributed by atoms with Gasteiger partial charge in [-0.2, -0.15) is 0 Å². The summed E-state index contributed by atoms with van der Waals surface area (Å²) in [5.74, 6) is 0.561. The highest BCUT2D eigenvalue weighted by molar-refractivity contribution is 5.92. The van der Waals surface area contributed by atoms with Gasteiger partial charge in [0.1, 0.15) is 5.82 Å². The number of H-pyrrole nitrogens is 1. The number of likely N-dealkylation sites (tertiary alicyclic amines) is 1. The number of aryl methyl sites for hydroxylation is 2. The van der Waals surface area contributed by atoms with Crippen molar-refractivity contribution in [3.63, 3.8) is 0 Å². The summed E-state index contributed by atoms with van der Waals surface area (Å²) in [5, 5.41) is 10.8. The number of aromatic amines is 1. The lowest BCUT2D eigenvalue weighted by molar-refractivity contribution is -0.133. The van der Waals surface area contributed by atoms with E-state index >= 15 is 0 Å². The Labute approximate surface area is 242 Å². The lowest BCUT2D eigenvalue weighted by Gasteiger charge is -2.34. The summed E-state index contributed by atoms with van der Waals surface area (Å²) in [6.45, 7) is 11.1. The number of hydrogen-bond acceptors (Lipinski definition) is 4. The van der Waals surface area contributed by atoms with Crippen molar-refractivity contribution in [3.05, 3.63) is 88.5 Å². The summed E-state index contributed by atoms with van der Waals surface area (Å²) in [6.07, 6.45) is 1.85. The minimum absolute atomic E-state index is 0.0291. The van der Waals surface area contributed by atoms with Crippen molar-refractivity contribution in [1.29, 1.82) is 0 Å². The first kappa shape index (κ1) is 29.0. The van der Waals surface area contributed by atoms with Crippen LogP contribution in [0.25, 0.3) is 22.2 Å². The van der Waals surface area contributed by atoms with E-state index in [2.05, 4.69) is 54.1 Å². The maximum atomic E-state index is 13.3. The van der Waals surface area contributed by atoms with E-state index in [1.54, 1.807) is 12.1 Å².